The van der Waals surface area contributed by atoms with Gasteiger partial charge in [-0.25, -0.2) is 0 Å². The number of carbonyl (C=O) groups is 1. The van der Waals surface area contributed by atoms with E-state index in [1.54, 1.807) is 6.92 Å². The molecule has 0 N–H and O–H groups in total. The molecule has 11 heavy (non-hydrogen) atoms. The molecule has 0 heterocycles. The lowest BCUT2D eigenvalue weighted by atomic mass is 9.88. The van der Waals surface area contributed by atoms with Crippen LogP contribution in [0.3, 0.4) is 0 Å². The second kappa shape index (κ2) is 3.12. The second-order valence-electron chi connectivity index (χ2n) is 2.95. The van der Waals surface area contributed by atoms with Crippen molar-refractivity contribution in [2.24, 2.45) is 0 Å². The van der Waals surface area contributed by atoms with Crippen molar-refractivity contribution in [3.05, 3.63) is 0 Å². The highest BCUT2D eigenvalue weighted by molar-refractivity contribution is 6.46. The zero-order chi connectivity index (χ0) is 8.65. The van der Waals surface area contributed by atoms with Crippen molar-refractivity contribution in [3.63, 3.8) is 0 Å². The Morgan fingerprint density at radius 3 is 2.45 bits per heavy atom. The Kier molecular flexibility index (Phi) is 2.73. The van der Waals surface area contributed by atoms with E-state index in [9.17, 15) is 4.79 Å². The van der Waals surface area contributed by atoms with Crippen LogP contribution in [0.4, 0.5) is 0 Å². The highest BCUT2D eigenvalue weighted by atomic mass is 35.5. The Morgan fingerprint density at radius 2 is 2.00 bits per heavy atom. The molecule has 0 spiro atoms. The number of hydrogen-bond donors (Lipinski definition) is 0. The van der Waals surface area contributed by atoms with E-state index in [4.69, 9.17) is 34.8 Å². The average Bonchev–Trinajstić information content (AvgIpc) is 1.95. The predicted molar refractivity (Wildman–Crippen MR) is 47.8 cm³/mol. The van der Waals surface area contributed by atoms with E-state index >= 15 is 0 Å². The number of alkyl halides is 3. The Hall–Kier alpha value is 0.540. The van der Waals surface area contributed by atoms with E-state index in [2.05, 4.69) is 0 Å². The van der Waals surface area contributed by atoms with Gasteiger partial charge in [-0.15, -0.1) is 34.8 Å². The number of ketones is 1. The summed E-state index contributed by atoms with van der Waals surface area (Å²) < 4.78 is 0. The molecule has 1 rings (SSSR count). The quantitative estimate of drug-likeness (QED) is 0.568. The fourth-order valence-electron chi connectivity index (χ4n) is 1.16. The maximum Gasteiger partial charge on any atom is 0.172 e. The molecule has 1 saturated carbocycles. The lowest BCUT2D eigenvalue weighted by molar-refractivity contribution is -0.122. The molecule has 0 amide bonds. The Morgan fingerprint density at radius 1 is 1.45 bits per heavy atom. The monoisotopic (exact) mass is 214 g/mol. The SMILES string of the molecule is C[C@@]1(Cl)C(=O)[C@@H](Cl)CC[C@@H]1Cl. The van der Waals surface area contributed by atoms with Gasteiger partial charge < -0.3 is 0 Å². The van der Waals surface area contributed by atoms with E-state index in [0.29, 0.717) is 12.8 Å². The molecule has 0 aliphatic heterocycles. The first-order chi connectivity index (χ1) is 4.96. The molecular weight excluding hydrogens is 206 g/mol. The van der Waals surface area contributed by atoms with Gasteiger partial charge in [0.15, 0.2) is 5.78 Å². The van der Waals surface area contributed by atoms with Crippen LogP contribution in [0.2, 0.25) is 0 Å². The average molecular weight is 216 g/mol. The summed E-state index contributed by atoms with van der Waals surface area (Å²) in [5, 5.41) is -0.737. The minimum atomic E-state index is -0.966. The summed E-state index contributed by atoms with van der Waals surface area (Å²) in [6, 6.07) is 0. The van der Waals surface area contributed by atoms with Crippen molar-refractivity contribution in [3.8, 4) is 0 Å². The molecule has 1 aliphatic rings. The van der Waals surface area contributed by atoms with Crippen LogP contribution in [0.1, 0.15) is 19.8 Å². The van der Waals surface area contributed by atoms with Gasteiger partial charge in [-0.2, -0.15) is 0 Å². The van der Waals surface area contributed by atoms with E-state index in [1.807, 2.05) is 0 Å². The summed E-state index contributed by atoms with van der Waals surface area (Å²) in [6.07, 6.45) is 1.35. The number of carbonyl (C=O) groups excluding carboxylic acids is 1. The van der Waals surface area contributed by atoms with Crippen molar-refractivity contribution in [2.45, 2.75) is 35.4 Å². The van der Waals surface area contributed by atoms with Crippen LogP contribution in [-0.2, 0) is 4.79 Å². The van der Waals surface area contributed by atoms with E-state index < -0.39 is 10.3 Å². The van der Waals surface area contributed by atoms with Gasteiger partial charge >= 0.3 is 0 Å². The summed E-state index contributed by atoms with van der Waals surface area (Å²) in [5.74, 6) is -0.146. The van der Waals surface area contributed by atoms with Crippen molar-refractivity contribution >= 4 is 40.6 Å². The lowest BCUT2D eigenvalue weighted by Gasteiger charge is -2.32. The van der Waals surface area contributed by atoms with Crippen molar-refractivity contribution < 1.29 is 4.79 Å². The molecule has 3 atom stereocenters. The molecule has 1 aliphatic carbocycles. The van der Waals surface area contributed by atoms with Crippen molar-refractivity contribution in [1.29, 1.82) is 0 Å². The molecule has 0 bridgehead atoms. The third kappa shape index (κ3) is 1.66. The minimum Gasteiger partial charge on any atom is -0.296 e. The number of hydrogen-bond acceptors (Lipinski definition) is 1. The molecule has 0 aromatic heterocycles. The summed E-state index contributed by atoms with van der Waals surface area (Å²) >= 11 is 17.5. The van der Waals surface area contributed by atoms with Crippen LogP contribution < -0.4 is 0 Å². The van der Waals surface area contributed by atoms with Gasteiger partial charge in [0, 0.05) is 0 Å². The molecule has 0 saturated heterocycles. The number of Topliss-reactive ketones (excluding diaryl/α,β-unsaturated/α-hetero) is 1. The van der Waals surface area contributed by atoms with E-state index in [-0.39, 0.29) is 11.2 Å². The Labute approximate surface area is 81.0 Å². The van der Waals surface area contributed by atoms with Crippen LogP contribution in [-0.4, -0.2) is 21.4 Å². The topological polar surface area (TPSA) is 17.1 Å². The largest absolute Gasteiger partial charge is 0.296 e. The van der Waals surface area contributed by atoms with Gasteiger partial charge in [0.2, 0.25) is 0 Å². The Bertz CT molecular complexity index is 179. The fourth-order valence-corrected chi connectivity index (χ4v) is 2.04. The molecule has 64 valence electrons. The molecule has 0 radical (unpaired) electrons. The highest BCUT2D eigenvalue weighted by Crippen LogP contribution is 2.36. The van der Waals surface area contributed by atoms with Crippen LogP contribution in [0.5, 0.6) is 0 Å². The summed E-state index contributed by atoms with van der Waals surface area (Å²) in [4.78, 5) is 10.3. The van der Waals surface area contributed by atoms with Crippen LogP contribution in [0.15, 0.2) is 0 Å². The minimum absolute atomic E-state index is 0.146. The second-order valence-corrected chi connectivity index (χ2v) is 4.79. The molecule has 0 aromatic carbocycles. The van der Waals surface area contributed by atoms with Crippen LogP contribution in [0.25, 0.3) is 0 Å². The lowest BCUT2D eigenvalue weighted by Crippen LogP contribution is -2.47. The fraction of sp³-hybridized carbons (Fsp3) is 0.857. The molecular formula is C7H9Cl3O. The van der Waals surface area contributed by atoms with Crippen molar-refractivity contribution in [1.82, 2.24) is 0 Å². The summed E-state index contributed by atoms with van der Waals surface area (Å²) in [7, 11) is 0. The first-order valence-electron chi connectivity index (χ1n) is 3.47. The van der Waals surface area contributed by atoms with Gasteiger partial charge in [-0.3, -0.25) is 4.79 Å². The zero-order valence-electron chi connectivity index (χ0n) is 6.11. The summed E-state index contributed by atoms with van der Waals surface area (Å²) in [5.41, 5.74) is 0. The Balaban J connectivity index is 2.81. The third-order valence-corrected chi connectivity index (χ3v) is 3.66. The number of rotatable bonds is 0. The highest BCUT2D eigenvalue weighted by Gasteiger charge is 2.45. The smallest absolute Gasteiger partial charge is 0.172 e. The normalized spacial score (nSPS) is 46.0. The van der Waals surface area contributed by atoms with Gasteiger partial charge in [-0.05, 0) is 19.8 Å². The van der Waals surface area contributed by atoms with Crippen LogP contribution in [0, 0.1) is 0 Å². The summed E-state index contributed by atoms with van der Waals surface area (Å²) in [6.45, 7) is 1.63. The van der Waals surface area contributed by atoms with Gasteiger partial charge in [0.25, 0.3) is 0 Å². The first-order valence-corrected chi connectivity index (χ1v) is 4.72. The maximum absolute atomic E-state index is 11.3. The van der Waals surface area contributed by atoms with Crippen LogP contribution >= 0.6 is 34.8 Å². The van der Waals surface area contributed by atoms with Gasteiger partial charge in [0.05, 0.1) is 10.8 Å². The molecule has 1 nitrogen and oxygen atoms in total. The standard InChI is InChI=1S/C7H9Cl3O/c1-7(10)5(9)3-2-4(8)6(7)11/h4-5H,2-3H2,1H3/t4-,5-,7-/m0/s1. The van der Waals surface area contributed by atoms with Gasteiger partial charge in [-0.1, -0.05) is 0 Å². The molecule has 0 aromatic rings. The molecule has 1 fully saturated rings. The van der Waals surface area contributed by atoms with E-state index in [1.165, 1.54) is 0 Å². The zero-order valence-corrected chi connectivity index (χ0v) is 8.38. The first kappa shape index (κ1) is 9.63. The van der Waals surface area contributed by atoms with Crippen molar-refractivity contribution in [2.75, 3.05) is 0 Å². The van der Waals surface area contributed by atoms with Gasteiger partial charge in [0.1, 0.15) is 4.87 Å². The number of halogens is 3. The predicted octanol–water partition coefficient (Wildman–Crippen LogP) is 2.56. The third-order valence-electron chi connectivity index (χ3n) is 2.03. The molecule has 0 unspecified atom stereocenters. The maximum atomic E-state index is 11.3. The van der Waals surface area contributed by atoms with E-state index in [0.717, 1.165) is 0 Å². The molecule has 4 heteroatoms.